The van der Waals surface area contributed by atoms with Crippen molar-refractivity contribution in [3.05, 3.63) is 17.0 Å². The molecule has 0 amide bonds. The summed E-state index contributed by atoms with van der Waals surface area (Å²) in [6.45, 7) is 2.14. The van der Waals surface area contributed by atoms with Gasteiger partial charge in [0.05, 0.1) is 4.21 Å². The van der Waals surface area contributed by atoms with Crippen molar-refractivity contribution in [2.24, 2.45) is 5.14 Å². The zero-order chi connectivity index (χ0) is 6.69. The fraction of sp³-hybridized carbons (Fsp3) is 0.333. The summed E-state index contributed by atoms with van der Waals surface area (Å²) < 4.78 is 1.25. The van der Waals surface area contributed by atoms with Crippen LogP contribution in [0, 0.1) is 0 Å². The van der Waals surface area contributed by atoms with Crippen LogP contribution in [0.2, 0.25) is 0 Å². The molecule has 0 fully saturated rings. The quantitative estimate of drug-likeness (QED) is 0.670. The summed E-state index contributed by atoms with van der Waals surface area (Å²) >= 11 is 3.06. The predicted octanol–water partition coefficient (Wildman–Crippen LogP) is 2.28. The van der Waals surface area contributed by atoms with Crippen molar-refractivity contribution >= 4 is 23.3 Å². The Bertz CT molecular complexity index is 164. The van der Waals surface area contributed by atoms with Gasteiger partial charge < -0.3 is 0 Å². The molecular formula is C6H9NS2. The third kappa shape index (κ3) is 1.47. The highest BCUT2D eigenvalue weighted by atomic mass is 32.2. The molecule has 0 saturated heterocycles. The van der Waals surface area contributed by atoms with Crippen LogP contribution >= 0.6 is 23.3 Å². The maximum Gasteiger partial charge on any atom is 0.0780 e. The first-order valence-corrected chi connectivity index (χ1v) is 4.57. The molecular weight excluding hydrogens is 150 g/mol. The summed E-state index contributed by atoms with van der Waals surface area (Å²) in [6.07, 6.45) is 1.09. The van der Waals surface area contributed by atoms with E-state index in [0.29, 0.717) is 0 Å². The standard InChI is InChI=1S/C6H9NS2/c1-2-5-3-4-8-6(5)9-7/h3-4H,2,7H2,1H3. The summed E-state index contributed by atoms with van der Waals surface area (Å²) in [5.74, 6) is 0. The van der Waals surface area contributed by atoms with Gasteiger partial charge in [0.25, 0.3) is 0 Å². The Morgan fingerprint density at radius 3 is 3.00 bits per heavy atom. The van der Waals surface area contributed by atoms with E-state index in [1.54, 1.807) is 11.3 Å². The maximum atomic E-state index is 5.40. The molecule has 1 heterocycles. The van der Waals surface area contributed by atoms with Gasteiger partial charge in [-0.2, -0.15) is 0 Å². The molecule has 1 aromatic rings. The van der Waals surface area contributed by atoms with Gasteiger partial charge in [-0.05, 0) is 35.4 Å². The van der Waals surface area contributed by atoms with E-state index in [0.717, 1.165) is 6.42 Å². The third-order valence-electron chi connectivity index (χ3n) is 1.19. The largest absolute Gasteiger partial charge is 0.273 e. The van der Waals surface area contributed by atoms with Gasteiger partial charge in [0, 0.05) is 0 Å². The molecule has 0 bridgehead atoms. The average molecular weight is 159 g/mol. The molecule has 0 unspecified atom stereocenters. The van der Waals surface area contributed by atoms with E-state index in [4.69, 9.17) is 5.14 Å². The molecule has 1 aromatic heterocycles. The fourth-order valence-electron chi connectivity index (χ4n) is 0.687. The third-order valence-corrected chi connectivity index (χ3v) is 3.00. The predicted molar refractivity (Wildman–Crippen MR) is 43.7 cm³/mol. The van der Waals surface area contributed by atoms with E-state index in [9.17, 15) is 0 Å². The smallest absolute Gasteiger partial charge is 0.0780 e. The highest BCUT2D eigenvalue weighted by Gasteiger charge is 1.98. The normalized spacial score (nSPS) is 10.0. The minimum Gasteiger partial charge on any atom is -0.273 e. The zero-order valence-electron chi connectivity index (χ0n) is 5.26. The Morgan fingerprint density at radius 1 is 1.78 bits per heavy atom. The maximum absolute atomic E-state index is 5.40. The van der Waals surface area contributed by atoms with Gasteiger partial charge in [0.15, 0.2) is 0 Å². The topological polar surface area (TPSA) is 26.0 Å². The molecule has 1 rings (SSSR count). The number of rotatable bonds is 2. The van der Waals surface area contributed by atoms with Gasteiger partial charge in [0.1, 0.15) is 0 Å². The second-order valence-corrected chi connectivity index (χ2v) is 3.52. The average Bonchev–Trinajstić information content (AvgIpc) is 2.33. The Kier molecular flexibility index (Phi) is 2.57. The molecule has 1 nitrogen and oxygen atoms in total. The molecule has 0 aliphatic rings. The van der Waals surface area contributed by atoms with Crippen LogP contribution in [-0.2, 0) is 6.42 Å². The van der Waals surface area contributed by atoms with E-state index in [2.05, 4.69) is 18.4 Å². The van der Waals surface area contributed by atoms with E-state index in [-0.39, 0.29) is 0 Å². The lowest BCUT2D eigenvalue weighted by atomic mass is 10.3. The Balaban J connectivity index is 2.85. The Hall–Kier alpha value is 0.01000. The van der Waals surface area contributed by atoms with Crippen molar-refractivity contribution in [3.8, 4) is 0 Å². The number of hydrogen-bond acceptors (Lipinski definition) is 3. The van der Waals surface area contributed by atoms with Crippen LogP contribution in [-0.4, -0.2) is 0 Å². The van der Waals surface area contributed by atoms with E-state index in [1.807, 2.05) is 0 Å². The summed E-state index contributed by atoms with van der Waals surface area (Å²) in [4.78, 5) is 0. The lowest BCUT2D eigenvalue weighted by molar-refractivity contribution is 1.12. The molecule has 0 aliphatic carbocycles. The molecule has 50 valence electrons. The summed E-state index contributed by atoms with van der Waals surface area (Å²) in [5, 5.41) is 7.48. The second-order valence-electron chi connectivity index (χ2n) is 1.70. The van der Waals surface area contributed by atoms with Gasteiger partial charge in [-0.3, -0.25) is 5.14 Å². The van der Waals surface area contributed by atoms with Crippen LogP contribution in [0.15, 0.2) is 15.7 Å². The van der Waals surface area contributed by atoms with E-state index < -0.39 is 0 Å². The van der Waals surface area contributed by atoms with E-state index in [1.165, 1.54) is 21.7 Å². The molecule has 0 atom stereocenters. The highest BCUT2D eigenvalue weighted by Crippen LogP contribution is 2.24. The minimum atomic E-state index is 1.09. The second kappa shape index (κ2) is 3.25. The van der Waals surface area contributed by atoms with Crippen molar-refractivity contribution in [1.29, 1.82) is 0 Å². The molecule has 0 aromatic carbocycles. The lowest BCUT2D eigenvalue weighted by Crippen LogP contribution is -1.80. The fourth-order valence-corrected chi connectivity index (χ4v) is 2.16. The van der Waals surface area contributed by atoms with Crippen molar-refractivity contribution in [3.63, 3.8) is 0 Å². The molecule has 0 saturated carbocycles. The molecule has 0 spiro atoms. The first kappa shape index (κ1) is 7.12. The van der Waals surface area contributed by atoms with Crippen LogP contribution in [0.4, 0.5) is 0 Å². The van der Waals surface area contributed by atoms with Crippen LogP contribution < -0.4 is 5.14 Å². The SMILES string of the molecule is CCc1ccsc1SN. The van der Waals surface area contributed by atoms with Crippen LogP contribution in [0.25, 0.3) is 0 Å². The summed E-state index contributed by atoms with van der Waals surface area (Å²) in [5.41, 5.74) is 1.37. The minimum absolute atomic E-state index is 1.09. The van der Waals surface area contributed by atoms with Gasteiger partial charge in [0.2, 0.25) is 0 Å². The number of hydrogen-bond donors (Lipinski definition) is 1. The van der Waals surface area contributed by atoms with Gasteiger partial charge in [-0.15, -0.1) is 11.3 Å². The Labute approximate surface area is 63.4 Å². The van der Waals surface area contributed by atoms with Crippen molar-refractivity contribution < 1.29 is 0 Å². The van der Waals surface area contributed by atoms with Crippen LogP contribution in [0.5, 0.6) is 0 Å². The molecule has 2 N–H and O–H groups in total. The zero-order valence-corrected chi connectivity index (χ0v) is 6.89. The molecule has 0 radical (unpaired) electrons. The first-order valence-electron chi connectivity index (χ1n) is 2.81. The molecule has 0 aliphatic heterocycles. The monoisotopic (exact) mass is 159 g/mol. The van der Waals surface area contributed by atoms with Gasteiger partial charge in [-0.1, -0.05) is 6.92 Å². The first-order chi connectivity index (χ1) is 4.38. The molecule has 9 heavy (non-hydrogen) atoms. The number of thiophene rings is 1. The van der Waals surface area contributed by atoms with Gasteiger partial charge >= 0.3 is 0 Å². The van der Waals surface area contributed by atoms with Crippen molar-refractivity contribution in [2.75, 3.05) is 0 Å². The number of nitrogens with two attached hydrogens (primary N) is 1. The van der Waals surface area contributed by atoms with Crippen LogP contribution in [0.1, 0.15) is 12.5 Å². The van der Waals surface area contributed by atoms with Crippen molar-refractivity contribution in [1.82, 2.24) is 0 Å². The Morgan fingerprint density at radius 2 is 2.56 bits per heavy atom. The summed E-state index contributed by atoms with van der Waals surface area (Å²) in [6, 6.07) is 2.12. The van der Waals surface area contributed by atoms with Gasteiger partial charge in [-0.25, -0.2) is 0 Å². The summed E-state index contributed by atoms with van der Waals surface area (Å²) in [7, 11) is 0. The van der Waals surface area contributed by atoms with Crippen molar-refractivity contribution in [2.45, 2.75) is 17.6 Å². The number of aryl methyl sites for hydroxylation is 1. The van der Waals surface area contributed by atoms with E-state index >= 15 is 0 Å². The highest BCUT2D eigenvalue weighted by molar-refractivity contribution is 7.99. The molecule has 3 heteroatoms. The van der Waals surface area contributed by atoms with Crippen LogP contribution in [0.3, 0.4) is 0 Å². The lowest BCUT2D eigenvalue weighted by Gasteiger charge is -1.92.